The van der Waals surface area contributed by atoms with Crippen LogP contribution >= 0.6 is 12.4 Å². The monoisotopic (exact) mass is 371 g/mol. The molecule has 2 atom stereocenters. The molecule has 0 bridgehead atoms. The van der Waals surface area contributed by atoms with E-state index in [-0.39, 0.29) is 24.4 Å². The lowest BCUT2D eigenvalue weighted by atomic mass is 9.96. The lowest BCUT2D eigenvalue weighted by Gasteiger charge is -2.26. The molecule has 1 aromatic rings. The zero-order valence-corrected chi connectivity index (χ0v) is 16.3. The lowest BCUT2D eigenvalue weighted by Crippen LogP contribution is -2.54. The minimum atomic E-state index is -0.804. The van der Waals surface area contributed by atoms with Crippen LogP contribution in [0.4, 0.5) is 5.69 Å². The summed E-state index contributed by atoms with van der Waals surface area (Å²) in [5, 5.41) is 3.09. The highest BCUT2D eigenvalue weighted by Crippen LogP contribution is 2.30. The van der Waals surface area contributed by atoms with Gasteiger partial charge >= 0.3 is 0 Å². The molecule has 1 aliphatic heterocycles. The smallest absolute Gasteiger partial charge is 0.240 e. The molecule has 0 saturated carbocycles. The van der Waals surface area contributed by atoms with Crippen LogP contribution < -0.4 is 25.4 Å². The van der Waals surface area contributed by atoms with E-state index < -0.39 is 5.54 Å². The van der Waals surface area contributed by atoms with E-state index in [2.05, 4.69) is 10.2 Å². The zero-order valence-electron chi connectivity index (χ0n) is 15.5. The van der Waals surface area contributed by atoms with Crippen LogP contribution in [0.2, 0.25) is 0 Å². The van der Waals surface area contributed by atoms with Crippen LogP contribution in [0, 0.1) is 0 Å². The maximum absolute atomic E-state index is 12.4. The van der Waals surface area contributed by atoms with Gasteiger partial charge in [0.25, 0.3) is 0 Å². The average molecular weight is 372 g/mol. The first-order chi connectivity index (χ1) is 11.4. The van der Waals surface area contributed by atoms with E-state index in [1.54, 1.807) is 21.1 Å². The van der Waals surface area contributed by atoms with Crippen molar-refractivity contribution in [3.05, 3.63) is 18.2 Å². The van der Waals surface area contributed by atoms with E-state index in [0.29, 0.717) is 6.42 Å². The van der Waals surface area contributed by atoms with Crippen molar-refractivity contribution >= 4 is 24.0 Å². The van der Waals surface area contributed by atoms with Gasteiger partial charge in [0.2, 0.25) is 5.91 Å². The third kappa shape index (κ3) is 5.41. The van der Waals surface area contributed by atoms with Crippen molar-refractivity contribution in [2.45, 2.75) is 44.7 Å². The first-order valence-corrected chi connectivity index (χ1v) is 8.47. The quantitative estimate of drug-likeness (QED) is 0.769. The van der Waals surface area contributed by atoms with Gasteiger partial charge in [-0.2, -0.15) is 0 Å². The van der Waals surface area contributed by atoms with Gasteiger partial charge in [0, 0.05) is 43.0 Å². The van der Waals surface area contributed by atoms with Crippen LogP contribution in [-0.4, -0.2) is 44.8 Å². The first kappa shape index (κ1) is 21.4. The Bertz CT molecular complexity index is 558. The Hall–Kier alpha value is -1.66. The van der Waals surface area contributed by atoms with Crippen molar-refractivity contribution in [1.29, 1.82) is 0 Å². The number of anilines is 1. The number of amides is 1. The number of benzene rings is 1. The number of halogens is 1. The van der Waals surface area contributed by atoms with E-state index >= 15 is 0 Å². The SMILES string of the molecule is CCCC(C)(N)C(=O)NC1CCN(c2cc(OC)cc(OC)c2)C1.Cl. The Labute approximate surface area is 156 Å². The minimum Gasteiger partial charge on any atom is -0.497 e. The number of nitrogens with two attached hydrogens (primary N) is 1. The highest BCUT2D eigenvalue weighted by Gasteiger charge is 2.31. The summed E-state index contributed by atoms with van der Waals surface area (Å²) >= 11 is 0. The van der Waals surface area contributed by atoms with Gasteiger partial charge in [0.1, 0.15) is 11.5 Å². The van der Waals surface area contributed by atoms with Gasteiger partial charge in [-0.1, -0.05) is 13.3 Å². The van der Waals surface area contributed by atoms with Gasteiger partial charge < -0.3 is 25.4 Å². The number of hydrogen-bond acceptors (Lipinski definition) is 5. The Kier molecular flexibility index (Phi) is 7.83. The molecule has 0 aliphatic carbocycles. The van der Waals surface area contributed by atoms with Gasteiger partial charge in [-0.05, 0) is 19.8 Å². The molecular weight excluding hydrogens is 342 g/mol. The van der Waals surface area contributed by atoms with Crippen molar-refractivity contribution < 1.29 is 14.3 Å². The van der Waals surface area contributed by atoms with Gasteiger partial charge in [-0.25, -0.2) is 0 Å². The number of nitrogens with zero attached hydrogens (tertiary/aromatic N) is 1. The predicted molar refractivity (Wildman–Crippen MR) is 103 cm³/mol. The third-order valence-electron chi connectivity index (χ3n) is 4.51. The standard InChI is InChI=1S/C18H29N3O3.ClH/c1-5-7-18(2,19)17(22)20-13-6-8-21(12-13)14-9-15(23-3)11-16(10-14)24-4;/h9-11,13H,5-8,12,19H2,1-4H3,(H,20,22);1H. The molecule has 1 aromatic carbocycles. The number of methoxy groups -OCH3 is 2. The Balaban J connectivity index is 0.00000312. The van der Waals surface area contributed by atoms with E-state index in [1.165, 1.54) is 0 Å². The zero-order chi connectivity index (χ0) is 17.7. The molecule has 0 aromatic heterocycles. The summed E-state index contributed by atoms with van der Waals surface area (Å²) in [6, 6.07) is 5.92. The van der Waals surface area contributed by atoms with E-state index in [1.807, 2.05) is 25.1 Å². The van der Waals surface area contributed by atoms with E-state index in [9.17, 15) is 4.79 Å². The van der Waals surface area contributed by atoms with Crippen molar-refractivity contribution in [1.82, 2.24) is 5.32 Å². The van der Waals surface area contributed by atoms with Gasteiger partial charge in [-0.15, -0.1) is 12.4 Å². The van der Waals surface area contributed by atoms with E-state index in [0.717, 1.165) is 43.1 Å². The largest absolute Gasteiger partial charge is 0.497 e. The van der Waals surface area contributed by atoms with Gasteiger partial charge in [0.15, 0.2) is 0 Å². The fraction of sp³-hybridized carbons (Fsp3) is 0.611. The molecule has 0 radical (unpaired) electrons. The lowest BCUT2D eigenvalue weighted by molar-refractivity contribution is -0.126. The number of hydrogen-bond donors (Lipinski definition) is 2. The molecule has 1 aliphatic rings. The fourth-order valence-electron chi connectivity index (χ4n) is 3.07. The van der Waals surface area contributed by atoms with Crippen molar-refractivity contribution in [3.8, 4) is 11.5 Å². The van der Waals surface area contributed by atoms with Crippen molar-refractivity contribution in [2.75, 3.05) is 32.2 Å². The van der Waals surface area contributed by atoms with Crippen LogP contribution in [0.15, 0.2) is 18.2 Å². The van der Waals surface area contributed by atoms with Crippen LogP contribution in [0.5, 0.6) is 11.5 Å². The normalized spacial score (nSPS) is 18.9. The van der Waals surface area contributed by atoms with Gasteiger partial charge in [-0.3, -0.25) is 4.79 Å². The fourth-order valence-corrected chi connectivity index (χ4v) is 3.07. The summed E-state index contributed by atoms with van der Waals surface area (Å²) in [6.45, 7) is 5.46. The second-order valence-electron chi connectivity index (χ2n) is 6.64. The number of nitrogens with one attached hydrogen (secondary N) is 1. The molecule has 142 valence electrons. The number of carbonyl (C=O) groups excluding carboxylic acids is 1. The number of rotatable bonds is 7. The summed E-state index contributed by atoms with van der Waals surface area (Å²) < 4.78 is 10.7. The van der Waals surface area contributed by atoms with Gasteiger partial charge in [0.05, 0.1) is 19.8 Å². The highest BCUT2D eigenvalue weighted by atomic mass is 35.5. The third-order valence-corrected chi connectivity index (χ3v) is 4.51. The molecule has 1 amide bonds. The molecule has 25 heavy (non-hydrogen) atoms. The van der Waals surface area contributed by atoms with Crippen molar-refractivity contribution in [3.63, 3.8) is 0 Å². The summed E-state index contributed by atoms with van der Waals surface area (Å²) in [5.41, 5.74) is 6.34. The Morgan fingerprint density at radius 3 is 2.44 bits per heavy atom. The van der Waals surface area contributed by atoms with Crippen LogP contribution in [0.3, 0.4) is 0 Å². The predicted octanol–water partition coefficient (Wildman–Crippen LogP) is 2.34. The first-order valence-electron chi connectivity index (χ1n) is 8.47. The second kappa shape index (κ2) is 9.15. The Morgan fingerprint density at radius 2 is 1.92 bits per heavy atom. The molecule has 1 saturated heterocycles. The molecule has 2 rings (SSSR count). The summed E-state index contributed by atoms with van der Waals surface area (Å²) in [5.74, 6) is 1.45. The maximum Gasteiger partial charge on any atom is 0.240 e. The number of ether oxygens (including phenoxy) is 2. The Morgan fingerprint density at radius 1 is 1.32 bits per heavy atom. The molecule has 1 fully saturated rings. The second-order valence-corrected chi connectivity index (χ2v) is 6.64. The van der Waals surface area contributed by atoms with Crippen LogP contribution in [0.25, 0.3) is 0 Å². The topological polar surface area (TPSA) is 76.8 Å². The summed E-state index contributed by atoms with van der Waals surface area (Å²) in [6.07, 6.45) is 2.47. The molecule has 1 heterocycles. The van der Waals surface area contributed by atoms with Crippen LogP contribution in [-0.2, 0) is 4.79 Å². The van der Waals surface area contributed by atoms with Crippen molar-refractivity contribution in [2.24, 2.45) is 5.73 Å². The number of carbonyl (C=O) groups is 1. The molecular formula is C18H30ClN3O3. The maximum atomic E-state index is 12.4. The highest BCUT2D eigenvalue weighted by molar-refractivity contribution is 5.86. The minimum absolute atomic E-state index is 0. The average Bonchev–Trinajstić information content (AvgIpc) is 3.02. The molecule has 6 nitrogen and oxygen atoms in total. The van der Waals surface area contributed by atoms with Crippen LogP contribution in [0.1, 0.15) is 33.1 Å². The molecule has 0 spiro atoms. The summed E-state index contributed by atoms with van der Waals surface area (Å²) in [4.78, 5) is 14.6. The molecule has 7 heteroatoms. The molecule has 3 N–H and O–H groups in total. The summed E-state index contributed by atoms with van der Waals surface area (Å²) in [7, 11) is 3.28. The van der Waals surface area contributed by atoms with E-state index in [4.69, 9.17) is 15.2 Å². The molecule has 2 unspecified atom stereocenters.